The van der Waals surface area contributed by atoms with E-state index in [0.29, 0.717) is 33.8 Å². The van der Waals surface area contributed by atoms with E-state index in [4.69, 9.17) is 21.1 Å². The molecule has 26 heavy (non-hydrogen) atoms. The van der Waals surface area contributed by atoms with Gasteiger partial charge in [-0.15, -0.1) is 10.2 Å². The quantitative estimate of drug-likeness (QED) is 0.671. The summed E-state index contributed by atoms with van der Waals surface area (Å²) in [5, 5.41) is 12.3. The lowest BCUT2D eigenvalue weighted by Crippen LogP contribution is -2.12. The molecule has 0 aliphatic rings. The van der Waals surface area contributed by atoms with Crippen LogP contribution in [0.4, 0.5) is 5.13 Å². The van der Waals surface area contributed by atoms with E-state index >= 15 is 0 Å². The number of hydrogen-bond donors (Lipinski definition) is 1. The first kappa shape index (κ1) is 18.2. The van der Waals surface area contributed by atoms with E-state index in [9.17, 15) is 4.79 Å². The Morgan fingerprint density at radius 1 is 1.23 bits per heavy atom. The third-order valence-electron chi connectivity index (χ3n) is 3.45. The van der Waals surface area contributed by atoms with E-state index < -0.39 is 0 Å². The lowest BCUT2D eigenvalue weighted by molar-refractivity contribution is 0.102. The van der Waals surface area contributed by atoms with Crippen LogP contribution >= 0.6 is 22.9 Å². The highest BCUT2D eigenvalue weighted by molar-refractivity contribution is 7.18. The molecule has 0 saturated carbocycles. The zero-order valence-electron chi connectivity index (χ0n) is 14.2. The largest absolute Gasteiger partial charge is 0.493 e. The van der Waals surface area contributed by atoms with Crippen LogP contribution in [0.2, 0.25) is 5.02 Å². The number of aromatic nitrogens is 2. The molecule has 0 atom stereocenters. The van der Waals surface area contributed by atoms with Crippen LogP contribution in [0.5, 0.6) is 11.5 Å². The Hall–Kier alpha value is -2.64. The second kappa shape index (κ2) is 8.16. The van der Waals surface area contributed by atoms with E-state index in [-0.39, 0.29) is 5.91 Å². The van der Waals surface area contributed by atoms with Crippen molar-refractivity contribution in [1.29, 1.82) is 0 Å². The van der Waals surface area contributed by atoms with Crippen molar-refractivity contribution in [3.63, 3.8) is 0 Å². The van der Waals surface area contributed by atoms with Gasteiger partial charge in [0.25, 0.3) is 5.91 Å². The van der Waals surface area contributed by atoms with Gasteiger partial charge in [0, 0.05) is 11.1 Å². The molecule has 2 aromatic carbocycles. The van der Waals surface area contributed by atoms with Gasteiger partial charge in [-0.2, -0.15) is 0 Å². The van der Waals surface area contributed by atoms with Crippen molar-refractivity contribution in [2.45, 2.75) is 6.92 Å². The van der Waals surface area contributed by atoms with Crippen molar-refractivity contribution in [1.82, 2.24) is 10.2 Å². The van der Waals surface area contributed by atoms with E-state index in [1.807, 2.05) is 37.3 Å². The molecule has 0 aliphatic heterocycles. The second-order valence-electron chi connectivity index (χ2n) is 5.15. The van der Waals surface area contributed by atoms with Crippen LogP contribution in [0.15, 0.2) is 42.5 Å². The SMILES string of the molecule is CCOc1c(Cl)cc(C(=O)Nc2nnc(-c3ccccc3)s2)cc1OC. The number of nitrogens with zero attached hydrogens (tertiary/aromatic N) is 2. The molecule has 0 spiro atoms. The van der Waals surface area contributed by atoms with Crippen LogP contribution in [0.3, 0.4) is 0 Å². The summed E-state index contributed by atoms with van der Waals surface area (Å²) in [7, 11) is 1.49. The van der Waals surface area contributed by atoms with Crippen LogP contribution in [-0.2, 0) is 0 Å². The number of hydrogen-bond acceptors (Lipinski definition) is 6. The third-order valence-corrected chi connectivity index (χ3v) is 4.62. The van der Waals surface area contributed by atoms with Gasteiger partial charge in [-0.05, 0) is 19.1 Å². The second-order valence-corrected chi connectivity index (χ2v) is 6.54. The van der Waals surface area contributed by atoms with Crippen LogP contribution < -0.4 is 14.8 Å². The fourth-order valence-electron chi connectivity index (χ4n) is 2.28. The Bertz CT molecular complexity index is 915. The molecule has 0 bridgehead atoms. The Kier molecular flexibility index (Phi) is 5.70. The van der Waals surface area contributed by atoms with Gasteiger partial charge >= 0.3 is 0 Å². The maximum absolute atomic E-state index is 12.5. The van der Waals surface area contributed by atoms with Gasteiger partial charge in [-0.3, -0.25) is 10.1 Å². The van der Waals surface area contributed by atoms with Crippen molar-refractivity contribution < 1.29 is 14.3 Å². The molecule has 134 valence electrons. The smallest absolute Gasteiger partial charge is 0.257 e. The number of amides is 1. The zero-order chi connectivity index (χ0) is 18.5. The minimum Gasteiger partial charge on any atom is -0.493 e. The van der Waals surface area contributed by atoms with Crippen molar-refractivity contribution in [3.05, 3.63) is 53.1 Å². The molecule has 0 radical (unpaired) electrons. The van der Waals surface area contributed by atoms with E-state index in [1.165, 1.54) is 24.5 Å². The number of rotatable bonds is 6. The Labute approximate surface area is 159 Å². The maximum atomic E-state index is 12.5. The molecule has 0 unspecified atom stereocenters. The predicted octanol–water partition coefficient (Wildman–Crippen LogP) is 4.52. The maximum Gasteiger partial charge on any atom is 0.257 e. The number of benzene rings is 2. The Morgan fingerprint density at radius 2 is 2.00 bits per heavy atom. The van der Waals surface area contributed by atoms with Gasteiger partial charge in [-0.25, -0.2) is 0 Å². The number of anilines is 1. The monoisotopic (exact) mass is 389 g/mol. The molecule has 3 rings (SSSR count). The molecule has 3 aromatic rings. The summed E-state index contributed by atoms with van der Waals surface area (Å²) in [6.07, 6.45) is 0. The minimum atomic E-state index is -0.357. The molecular formula is C18H16ClN3O3S. The summed E-state index contributed by atoms with van der Waals surface area (Å²) in [5.41, 5.74) is 1.28. The summed E-state index contributed by atoms with van der Waals surface area (Å²) < 4.78 is 10.7. The lowest BCUT2D eigenvalue weighted by Gasteiger charge is -2.12. The standard InChI is InChI=1S/C18H16ClN3O3S/c1-3-25-15-13(19)9-12(10-14(15)24-2)16(23)20-18-22-21-17(26-18)11-7-5-4-6-8-11/h4-10H,3H2,1-2H3,(H,20,22,23). The van der Waals surface area contributed by atoms with Gasteiger partial charge in [0.2, 0.25) is 5.13 Å². The molecule has 1 heterocycles. The molecule has 0 fully saturated rings. The first-order chi connectivity index (χ1) is 12.6. The zero-order valence-corrected chi connectivity index (χ0v) is 15.7. The predicted molar refractivity (Wildman–Crippen MR) is 102 cm³/mol. The number of nitrogens with one attached hydrogen (secondary N) is 1. The normalized spacial score (nSPS) is 10.4. The van der Waals surface area contributed by atoms with Crippen molar-refractivity contribution in [2.24, 2.45) is 0 Å². The number of halogens is 1. The number of carbonyl (C=O) groups is 1. The molecule has 0 saturated heterocycles. The number of methoxy groups -OCH3 is 1. The first-order valence-electron chi connectivity index (χ1n) is 7.83. The summed E-state index contributed by atoms with van der Waals surface area (Å²) in [6.45, 7) is 2.28. The Morgan fingerprint density at radius 3 is 2.69 bits per heavy atom. The van der Waals surface area contributed by atoms with Crippen molar-refractivity contribution in [3.8, 4) is 22.1 Å². The van der Waals surface area contributed by atoms with Crippen molar-refractivity contribution >= 4 is 34.0 Å². The van der Waals surface area contributed by atoms with Gasteiger partial charge in [0.05, 0.1) is 18.7 Å². The fourth-order valence-corrected chi connectivity index (χ4v) is 3.29. The summed E-state index contributed by atoms with van der Waals surface area (Å²) in [6, 6.07) is 12.7. The molecule has 6 nitrogen and oxygen atoms in total. The van der Waals surface area contributed by atoms with Crippen LogP contribution in [0.25, 0.3) is 10.6 Å². The molecule has 0 aliphatic carbocycles. The highest BCUT2D eigenvalue weighted by Crippen LogP contribution is 2.36. The number of ether oxygens (including phenoxy) is 2. The van der Waals surface area contributed by atoms with Gasteiger partial charge in [0.15, 0.2) is 11.5 Å². The average molecular weight is 390 g/mol. The fraction of sp³-hybridized carbons (Fsp3) is 0.167. The highest BCUT2D eigenvalue weighted by atomic mass is 35.5. The number of carbonyl (C=O) groups excluding carboxylic acids is 1. The first-order valence-corrected chi connectivity index (χ1v) is 9.02. The summed E-state index contributed by atoms with van der Waals surface area (Å²) in [4.78, 5) is 12.5. The molecule has 1 N–H and O–H groups in total. The molecule has 8 heteroatoms. The summed E-state index contributed by atoms with van der Waals surface area (Å²) >= 11 is 7.50. The van der Waals surface area contributed by atoms with Crippen LogP contribution in [-0.4, -0.2) is 29.8 Å². The molecule has 1 aromatic heterocycles. The van der Waals surface area contributed by atoms with E-state index in [2.05, 4.69) is 15.5 Å². The lowest BCUT2D eigenvalue weighted by atomic mass is 10.2. The summed E-state index contributed by atoms with van der Waals surface area (Å²) in [5.74, 6) is 0.450. The Balaban J connectivity index is 1.80. The third kappa shape index (κ3) is 3.95. The van der Waals surface area contributed by atoms with E-state index in [1.54, 1.807) is 6.07 Å². The van der Waals surface area contributed by atoms with Gasteiger partial charge in [0.1, 0.15) is 5.01 Å². The van der Waals surface area contributed by atoms with Gasteiger partial charge < -0.3 is 9.47 Å². The van der Waals surface area contributed by atoms with E-state index in [0.717, 1.165) is 10.6 Å². The van der Waals surface area contributed by atoms with Crippen LogP contribution in [0, 0.1) is 0 Å². The molecule has 1 amide bonds. The van der Waals surface area contributed by atoms with Crippen molar-refractivity contribution in [2.75, 3.05) is 19.0 Å². The van der Waals surface area contributed by atoms with Gasteiger partial charge in [-0.1, -0.05) is 53.3 Å². The van der Waals surface area contributed by atoms with Crippen LogP contribution in [0.1, 0.15) is 17.3 Å². The highest BCUT2D eigenvalue weighted by Gasteiger charge is 2.17. The topological polar surface area (TPSA) is 73.3 Å². The molecular weight excluding hydrogens is 374 g/mol. The average Bonchev–Trinajstić information content (AvgIpc) is 3.12. The minimum absolute atomic E-state index is 0.304.